The standard InChI is InChI=1S/C22H21N3O/c1-22(2)15-12-16(22)21(26)17-19(15)25-18(13-8-10-23-11-9-13)20(17)24-14-6-4-3-5-7-14/h3-11,15-16,24-25H,12H2,1-2H3/t15-,16+/m1/s1. The SMILES string of the molecule is CC1(C)[C@@H]2C[C@H]1C(=O)c1c2[nH]c(-c2ccncc2)c1Nc1ccccc1. The molecule has 1 aromatic carbocycles. The van der Waals surface area contributed by atoms with Crippen LogP contribution in [0.15, 0.2) is 54.9 Å². The third kappa shape index (κ3) is 2.02. The molecule has 2 bridgehead atoms. The summed E-state index contributed by atoms with van der Waals surface area (Å²) in [4.78, 5) is 21.0. The number of carbonyl (C=O) groups excluding carboxylic acids is 1. The number of hydrogen-bond acceptors (Lipinski definition) is 3. The van der Waals surface area contributed by atoms with Crippen molar-refractivity contribution in [1.82, 2.24) is 9.97 Å². The van der Waals surface area contributed by atoms with Crippen LogP contribution in [-0.4, -0.2) is 15.8 Å². The summed E-state index contributed by atoms with van der Waals surface area (Å²) in [6.45, 7) is 4.42. The number of pyridine rings is 1. The van der Waals surface area contributed by atoms with Crippen molar-refractivity contribution in [3.63, 3.8) is 0 Å². The Morgan fingerprint density at radius 3 is 2.50 bits per heavy atom. The second kappa shape index (κ2) is 5.31. The molecule has 4 nitrogen and oxygen atoms in total. The average Bonchev–Trinajstić information content (AvgIpc) is 3.02. The van der Waals surface area contributed by atoms with E-state index in [4.69, 9.17) is 0 Å². The second-order valence-corrected chi connectivity index (χ2v) is 7.92. The van der Waals surface area contributed by atoms with Gasteiger partial charge in [-0.25, -0.2) is 0 Å². The summed E-state index contributed by atoms with van der Waals surface area (Å²) in [6.07, 6.45) is 4.53. The van der Waals surface area contributed by atoms with Crippen LogP contribution in [0.2, 0.25) is 0 Å². The van der Waals surface area contributed by atoms with E-state index < -0.39 is 0 Å². The van der Waals surface area contributed by atoms with Crippen molar-refractivity contribution in [3.8, 4) is 11.3 Å². The predicted molar refractivity (Wildman–Crippen MR) is 103 cm³/mol. The summed E-state index contributed by atoms with van der Waals surface area (Å²) < 4.78 is 0. The molecule has 2 heterocycles. The Morgan fingerprint density at radius 2 is 1.81 bits per heavy atom. The number of ketones is 1. The minimum atomic E-state index is 0.0362. The Morgan fingerprint density at radius 1 is 1.08 bits per heavy atom. The molecule has 3 aliphatic rings. The maximum atomic E-state index is 13.3. The molecule has 0 saturated heterocycles. The van der Waals surface area contributed by atoms with Gasteiger partial charge in [-0.2, -0.15) is 0 Å². The number of Topliss-reactive ketones (excluding diaryl/α,β-unsaturated/α-hetero) is 1. The molecular formula is C22H21N3O. The van der Waals surface area contributed by atoms with Crippen molar-refractivity contribution in [1.29, 1.82) is 0 Å². The molecule has 2 atom stereocenters. The fraction of sp³-hybridized carbons (Fsp3) is 0.273. The van der Waals surface area contributed by atoms with Crippen LogP contribution in [0.1, 0.15) is 42.2 Å². The van der Waals surface area contributed by atoms with Gasteiger partial charge in [-0.3, -0.25) is 9.78 Å². The number of aromatic amines is 1. The Kier molecular flexibility index (Phi) is 3.14. The highest BCUT2D eigenvalue weighted by atomic mass is 16.1. The van der Waals surface area contributed by atoms with E-state index in [-0.39, 0.29) is 17.1 Å². The first-order valence-electron chi connectivity index (χ1n) is 9.10. The number of anilines is 2. The van der Waals surface area contributed by atoms with Crippen LogP contribution in [0.25, 0.3) is 11.3 Å². The predicted octanol–water partition coefficient (Wildman–Crippen LogP) is 5.15. The third-order valence-corrected chi connectivity index (χ3v) is 6.22. The summed E-state index contributed by atoms with van der Waals surface area (Å²) in [5.74, 6) is 0.798. The molecule has 0 unspecified atom stereocenters. The summed E-state index contributed by atoms with van der Waals surface area (Å²) in [5.41, 5.74) is 5.86. The molecule has 0 spiro atoms. The Labute approximate surface area is 152 Å². The molecule has 2 N–H and O–H groups in total. The summed E-state index contributed by atoms with van der Waals surface area (Å²) in [7, 11) is 0. The van der Waals surface area contributed by atoms with Crippen LogP contribution in [0.5, 0.6) is 0 Å². The molecule has 2 aromatic heterocycles. The fourth-order valence-electron chi connectivity index (χ4n) is 4.60. The van der Waals surface area contributed by atoms with E-state index in [0.717, 1.165) is 40.3 Å². The zero-order chi connectivity index (χ0) is 17.9. The van der Waals surface area contributed by atoms with Crippen LogP contribution < -0.4 is 5.32 Å². The fourth-order valence-corrected chi connectivity index (χ4v) is 4.60. The van der Waals surface area contributed by atoms with Gasteiger partial charge in [0.15, 0.2) is 5.78 Å². The number of nitrogens with one attached hydrogen (secondary N) is 2. The van der Waals surface area contributed by atoms with Crippen molar-refractivity contribution in [2.45, 2.75) is 26.2 Å². The highest BCUT2D eigenvalue weighted by molar-refractivity contribution is 6.10. The van der Waals surface area contributed by atoms with Gasteiger partial charge in [0.05, 0.1) is 16.9 Å². The number of hydrogen-bond donors (Lipinski definition) is 2. The van der Waals surface area contributed by atoms with Crippen molar-refractivity contribution >= 4 is 17.2 Å². The molecule has 6 rings (SSSR count). The largest absolute Gasteiger partial charge is 0.356 e. The van der Waals surface area contributed by atoms with Crippen LogP contribution >= 0.6 is 0 Å². The highest BCUT2D eigenvalue weighted by Gasteiger charge is 2.58. The Bertz CT molecular complexity index is 989. The van der Waals surface area contributed by atoms with Gasteiger partial charge in [0.2, 0.25) is 0 Å². The molecular weight excluding hydrogens is 322 g/mol. The van der Waals surface area contributed by atoms with Gasteiger partial charge in [0.1, 0.15) is 0 Å². The van der Waals surface area contributed by atoms with Crippen LogP contribution in [0.4, 0.5) is 11.4 Å². The monoisotopic (exact) mass is 343 g/mol. The lowest BCUT2D eigenvalue weighted by Gasteiger charge is -2.54. The number of carbonyl (C=O) groups is 1. The van der Waals surface area contributed by atoms with E-state index >= 15 is 0 Å². The van der Waals surface area contributed by atoms with Gasteiger partial charge in [0, 0.05) is 41.2 Å². The number of benzene rings is 1. The van der Waals surface area contributed by atoms with Gasteiger partial charge < -0.3 is 10.3 Å². The smallest absolute Gasteiger partial charge is 0.170 e. The average molecular weight is 343 g/mol. The van der Waals surface area contributed by atoms with Crippen molar-refractivity contribution in [2.24, 2.45) is 11.3 Å². The number of para-hydroxylation sites is 1. The lowest BCUT2D eigenvalue weighted by Crippen LogP contribution is -2.51. The summed E-state index contributed by atoms with van der Waals surface area (Å²) in [5, 5.41) is 3.51. The Balaban J connectivity index is 1.71. The summed E-state index contributed by atoms with van der Waals surface area (Å²) in [6, 6.07) is 14.0. The minimum absolute atomic E-state index is 0.0362. The van der Waals surface area contributed by atoms with Crippen LogP contribution in [0, 0.1) is 11.3 Å². The molecule has 1 saturated carbocycles. The van der Waals surface area contributed by atoms with Crippen LogP contribution in [0.3, 0.4) is 0 Å². The third-order valence-electron chi connectivity index (χ3n) is 6.22. The van der Waals surface area contributed by atoms with Crippen molar-refractivity contribution < 1.29 is 4.79 Å². The lowest BCUT2D eigenvalue weighted by molar-refractivity contribution is 0.0196. The zero-order valence-electron chi connectivity index (χ0n) is 14.9. The molecule has 0 amide bonds. The minimum Gasteiger partial charge on any atom is -0.356 e. The van der Waals surface area contributed by atoms with E-state index in [0.29, 0.717) is 5.92 Å². The molecule has 0 radical (unpaired) electrons. The van der Waals surface area contributed by atoms with E-state index in [1.54, 1.807) is 12.4 Å². The normalized spacial score (nSPS) is 22.5. The van der Waals surface area contributed by atoms with E-state index in [9.17, 15) is 4.79 Å². The molecule has 1 fully saturated rings. The molecule has 130 valence electrons. The van der Waals surface area contributed by atoms with Crippen molar-refractivity contribution in [2.75, 3.05) is 5.32 Å². The molecule has 26 heavy (non-hydrogen) atoms. The topological polar surface area (TPSA) is 57.8 Å². The van der Waals surface area contributed by atoms with E-state index in [2.05, 4.69) is 29.1 Å². The molecule has 4 heteroatoms. The lowest BCUT2D eigenvalue weighted by atomic mass is 9.48. The quantitative estimate of drug-likeness (QED) is 0.692. The first-order chi connectivity index (χ1) is 12.6. The maximum absolute atomic E-state index is 13.3. The molecule has 3 aliphatic carbocycles. The second-order valence-electron chi connectivity index (χ2n) is 7.92. The number of aromatic nitrogens is 2. The van der Waals surface area contributed by atoms with Crippen molar-refractivity contribution in [3.05, 3.63) is 66.1 Å². The first kappa shape index (κ1) is 15.4. The number of rotatable bonds is 3. The molecule has 0 aliphatic heterocycles. The first-order valence-corrected chi connectivity index (χ1v) is 9.10. The Hall–Kier alpha value is -2.88. The van der Waals surface area contributed by atoms with Gasteiger partial charge in [-0.15, -0.1) is 0 Å². The van der Waals surface area contributed by atoms with Gasteiger partial charge in [-0.1, -0.05) is 32.0 Å². The van der Waals surface area contributed by atoms with Gasteiger partial charge >= 0.3 is 0 Å². The number of nitrogens with zero attached hydrogens (tertiary/aromatic N) is 1. The van der Waals surface area contributed by atoms with Gasteiger partial charge in [-0.05, 0) is 36.1 Å². The van der Waals surface area contributed by atoms with E-state index in [1.165, 1.54) is 0 Å². The molecule has 3 aromatic rings. The maximum Gasteiger partial charge on any atom is 0.170 e. The van der Waals surface area contributed by atoms with Gasteiger partial charge in [0.25, 0.3) is 0 Å². The number of H-pyrrole nitrogens is 1. The van der Waals surface area contributed by atoms with E-state index in [1.807, 2.05) is 42.5 Å². The van der Waals surface area contributed by atoms with Crippen LogP contribution in [-0.2, 0) is 0 Å². The summed E-state index contributed by atoms with van der Waals surface area (Å²) >= 11 is 0. The zero-order valence-corrected chi connectivity index (χ0v) is 14.9. The highest BCUT2D eigenvalue weighted by Crippen LogP contribution is 2.63.